The maximum Gasteiger partial charge on any atom is 0.176 e. The summed E-state index contributed by atoms with van der Waals surface area (Å²) < 4.78 is 13.6. The van der Waals surface area contributed by atoms with E-state index >= 15 is 0 Å². The van der Waals surface area contributed by atoms with Crippen molar-refractivity contribution in [1.29, 1.82) is 0 Å². The molecule has 4 rings (SSSR count). The molecule has 2 aromatic heterocycles. The Morgan fingerprint density at radius 2 is 2.08 bits per heavy atom. The fraction of sp³-hybridized carbons (Fsp3) is 0.611. The molecular formula is C18H25N3O3. The second kappa shape index (κ2) is 7.09. The number of hydrogen-bond donors (Lipinski definition) is 1. The average Bonchev–Trinajstić information content (AvgIpc) is 3.36. The van der Waals surface area contributed by atoms with Crippen molar-refractivity contribution in [1.82, 2.24) is 14.5 Å². The highest BCUT2D eigenvalue weighted by atomic mass is 16.5. The van der Waals surface area contributed by atoms with Crippen molar-refractivity contribution in [2.45, 2.75) is 44.4 Å². The molecule has 0 saturated carbocycles. The molecule has 130 valence electrons. The summed E-state index contributed by atoms with van der Waals surface area (Å²) in [6, 6.07) is 4.14. The number of aliphatic hydroxyl groups is 1. The van der Waals surface area contributed by atoms with Crippen LogP contribution in [0.15, 0.2) is 28.9 Å². The van der Waals surface area contributed by atoms with Gasteiger partial charge in [-0.25, -0.2) is 4.98 Å². The van der Waals surface area contributed by atoms with Crippen molar-refractivity contribution < 1.29 is 14.3 Å². The van der Waals surface area contributed by atoms with Crippen LogP contribution in [-0.4, -0.2) is 51.9 Å². The van der Waals surface area contributed by atoms with Crippen LogP contribution >= 0.6 is 0 Å². The number of likely N-dealkylation sites (tertiary alicyclic amines) is 1. The second-order valence-electron chi connectivity index (χ2n) is 6.75. The van der Waals surface area contributed by atoms with Crippen molar-refractivity contribution in [3.63, 3.8) is 0 Å². The maximum atomic E-state index is 9.18. The summed E-state index contributed by atoms with van der Waals surface area (Å²) in [6.45, 7) is 4.12. The largest absolute Gasteiger partial charge is 0.455 e. The molecule has 0 aliphatic carbocycles. The van der Waals surface area contributed by atoms with E-state index < -0.39 is 0 Å². The van der Waals surface area contributed by atoms with Gasteiger partial charge in [0.05, 0.1) is 6.10 Å². The van der Waals surface area contributed by atoms with E-state index in [-0.39, 0.29) is 6.61 Å². The zero-order valence-corrected chi connectivity index (χ0v) is 13.9. The van der Waals surface area contributed by atoms with E-state index in [1.807, 2.05) is 18.5 Å². The second-order valence-corrected chi connectivity index (χ2v) is 6.75. The third-order valence-electron chi connectivity index (χ3n) is 5.14. The first-order valence-electron chi connectivity index (χ1n) is 8.90. The predicted octanol–water partition coefficient (Wildman–Crippen LogP) is 2.45. The molecule has 6 heteroatoms. The van der Waals surface area contributed by atoms with Gasteiger partial charge in [-0.1, -0.05) is 0 Å². The number of imidazole rings is 1. The van der Waals surface area contributed by atoms with Gasteiger partial charge in [0.15, 0.2) is 11.6 Å². The van der Waals surface area contributed by atoms with Gasteiger partial charge in [0.2, 0.25) is 0 Å². The van der Waals surface area contributed by atoms with Gasteiger partial charge in [-0.2, -0.15) is 0 Å². The molecule has 24 heavy (non-hydrogen) atoms. The van der Waals surface area contributed by atoms with Crippen LogP contribution in [0, 0.1) is 0 Å². The van der Waals surface area contributed by atoms with E-state index in [0.29, 0.717) is 17.9 Å². The van der Waals surface area contributed by atoms with Crippen LogP contribution in [0.4, 0.5) is 0 Å². The Morgan fingerprint density at radius 3 is 2.79 bits per heavy atom. The highest BCUT2D eigenvalue weighted by Gasteiger charge is 2.26. The fourth-order valence-corrected chi connectivity index (χ4v) is 3.84. The first-order valence-corrected chi connectivity index (χ1v) is 8.90. The van der Waals surface area contributed by atoms with Crippen LogP contribution in [0.25, 0.3) is 11.6 Å². The van der Waals surface area contributed by atoms with Crippen LogP contribution < -0.4 is 0 Å². The van der Waals surface area contributed by atoms with Crippen LogP contribution in [0.1, 0.15) is 37.5 Å². The molecule has 2 aromatic rings. The molecule has 2 saturated heterocycles. The molecule has 0 amide bonds. The normalized spacial score (nSPS) is 23.1. The number of hydrogen-bond acceptors (Lipinski definition) is 5. The van der Waals surface area contributed by atoms with Crippen LogP contribution in [0.5, 0.6) is 0 Å². The van der Waals surface area contributed by atoms with E-state index in [9.17, 15) is 5.11 Å². The number of rotatable bonds is 5. The number of aliphatic hydroxyl groups excluding tert-OH is 1. The van der Waals surface area contributed by atoms with Crippen molar-refractivity contribution in [2.75, 3.05) is 26.2 Å². The maximum absolute atomic E-state index is 9.18. The summed E-state index contributed by atoms with van der Waals surface area (Å²) >= 11 is 0. The van der Waals surface area contributed by atoms with Gasteiger partial charge < -0.3 is 23.7 Å². The lowest BCUT2D eigenvalue weighted by molar-refractivity contribution is 0.0607. The molecule has 0 unspecified atom stereocenters. The third kappa shape index (κ3) is 3.27. The number of furan rings is 1. The van der Waals surface area contributed by atoms with Gasteiger partial charge in [-0.05, 0) is 37.8 Å². The number of nitrogens with zero attached hydrogens (tertiary/aromatic N) is 3. The lowest BCUT2D eigenvalue weighted by atomic mass is 10.0. The van der Waals surface area contributed by atoms with E-state index in [0.717, 1.165) is 50.7 Å². The van der Waals surface area contributed by atoms with Crippen LogP contribution in [0.2, 0.25) is 0 Å². The molecule has 0 bridgehead atoms. The van der Waals surface area contributed by atoms with Crippen molar-refractivity contribution in [3.05, 3.63) is 30.3 Å². The molecule has 1 N–H and O–H groups in total. The molecule has 1 atom stereocenters. The lowest BCUT2D eigenvalue weighted by Gasteiger charge is -2.34. The Balaban J connectivity index is 1.40. The number of ether oxygens (including phenoxy) is 1. The smallest absolute Gasteiger partial charge is 0.176 e. The molecule has 0 aromatic carbocycles. The summed E-state index contributed by atoms with van der Waals surface area (Å²) in [4.78, 5) is 6.99. The van der Waals surface area contributed by atoms with Gasteiger partial charge in [0, 0.05) is 44.7 Å². The van der Waals surface area contributed by atoms with E-state index in [2.05, 4.69) is 14.5 Å². The SMILES string of the molecule is OCc1ccc(-c2nccn2C2CCN(C[C@H]3CCCO3)CC2)o1. The molecule has 2 aliphatic rings. The average molecular weight is 331 g/mol. The number of piperidine rings is 1. The van der Waals surface area contributed by atoms with Gasteiger partial charge in [-0.3, -0.25) is 0 Å². The lowest BCUT2D eigenvalue weighted by Crippen LogP contribution is -2.39. The zero-order valence-electron chi connectivity index (χ0n) is 13.9. The Bertz CT molecular complexity index is 652. The number of aromatic nitrogens is 2. The molecule has 0 radical (unpaired) electrons. The minimum atomic E-state index is -0.0810. The molecule has 6 nitrogen and oxygen atoms in total. The van der Waals surface area contributed by atoms with Crippen molar-refractivity contribution in [3.8, 4) is 11.6 Å². The first-order chi connectivity index (χ1) is 11.8. The Kier molecular flexibility index (Phi) is 4.69. The topological polar surface area (TPSA) is 63.7 Å². The quantitative estimate of drug-likeness (QED) is 0.912. The predicted molar refractivity (Wildman–Crippen MR) is 89.5 cm³/mol. The third-order valence-corrected chi connectivity index (χ3v) is 5.14. The van der Waals surface area contributed by atoms with E-state index in [1.54, 1.807) is 6.07 Å². The van der Waals surface area contributed by atoms with Crippen LogP contribution in [0.3, 0.4) is 0 Å². The van der Waals surface area contributed by atoms with Gasteiger partial charge in [0.1, 0.15) is 12.4 Å². The summed E-state index contributed by atoms with van der Waals surface area (Å²) in [5, 5.41) is 9.18. The van der Waals surface area contributed by atoms with Gasteiger partial charge >= 0.3 is 0 Å². The summed E-state index contributed by atoms with van der Waals surface area (Å²) in [7, 11) is 0. The Morgan fingerprint density at radius 1 is 1.21 bits per heavy atom. The molecule has 0 spiro atoms. The molecule has 2 fully saturated rings. The van der Waals surface area contributed by atoms with Crippen molar-refractivity contribution >= 4 is 0 Å². The van der Waals surface area contributed by atoms with Gasteiger partial charge in [0.25, 0.3) is 0 Å². The van der Waals surface area contributed by atoms with Crippen LogP contribution in [-0.2, 0) is 11.3 Å². The zero-order chi connectivity index (χ0) is 16.4. The Hall–Kier alpha value is -1.63. The highest BCUT2D eigenvalue weighted by molar-refractivity contribution is 5.48. The van der Waals surface area contributed by atoms with Crippen molar-refractivity contribution in [2.24, 2.45) is 0 Å². The fourth-order valence-electron chi connectivity index (χ4n) is 3.84. The summed E-state index contributed by atoms with van der Waals surface area (Å²) in [5.41, 5.74) is 0. The first kappa shape index (κ1) is 15.9. The molecule has 2 aliphatic heterocycles. The van der Waals surface area contributed by atoms with Gasteiger partial charge in [-0.15, -0.1) is 0 Å². The minimum Gasteiger partial charge on any atom is -0.455 e. The Labute approximate surface area is 142 Å². The standard InChI is InChI=1S/C18H25N3O3/c22-13-16-3-4-17(24-16)18-19-7-10-21(18)14-5-8-20(9-6-14)12-15-2-1-11-23-15/h3-4,7,10,14-15,22H,1-2,5-6,8-9,11-13H2/t15-/m1/s1. The van der Waals surface area contributed by atoms with E-state index in [4.69, 9.17) is 9.15 Å². The molecular weight excluding hydrogens is 306 g/mol. The summed E-state index contributed by atoms with van der Waals surface area (Å²) in [6.07, 6.45) is 8.94. The summed E-state index contributed by atoms with van der Waals surface area (Å²) in [5.74, 6) is 2.16. The molecule has 4 heterocycles. The monoisotopic (exact) mass is 331 g/mol. The minimum absolute atomic E-state index is 0.0810. The van der Waals surface area contributed by atoms with E-state index in [1.165, 1.54) is 12.8 Å². The highest BCUT2D eigenvalue weighted by Crippen LogP contribution is 2.29.